The highest BCUT2D eigenvalue weighted by Gasteiger charge is 2.23. The van der Waals surface area contributed by atoms with Crippen LogP contribution in [0.4, 0.5) is 0 Å². The van der Waals surface area contributed by atoms with Crippen molar-refractivity contribution < 1.29 is 4.52 Å². The third-order valence-electron chi connectivity index (χ3n) is 2.24. The van der Waals surface area contributed by atoms with E-state index in [-0.39, 0.29) is 6.04 Å². The molecule has 1 atom stereocenters. The van der Waals surface area contributed by atoms with Gasteiger partial charge in [0.2, 0.25) is 11.7 Å². The van der Waals surface area contributed by atoms with Crippen molar-refractivity contribution in [1.82, 2.24) is 15.5 Å². The van der Waals surface area contributed by atoms with Gasteiger partial charge in [-0.2, -0.15) is 16.3 Å². The van der Waals surface area contributed by atoms with Gasteiger partial charge in [-0.3, -0.25) is 5.32 Å². The maximum Gasteiger partial charge on any atom is 0.244 e. The maximum absolute atomic E-state index is 5.24. The van der Waals surface area contributed by atoms with Gasteiger partial charge in [0.05, 0.1) is 6.04 Å². The summed E-state index contributed by atoms with van der Waals surface area (Å²) in [5.74, 6) is 3.35. The van der Waals surface area contributed by atoms with E-state index in [0.29, 0.717) is 11.7 Å². The topological polar surface area (TPSA) is 51.0 Å². The van der Waals surface area contributed by atoms with Crippen LogP contribution >= 0.6 is 23.1 Å². The second-order valence-electron chi connectivity index (χ2n) is 3.24. The minimum absolute atomic E-state index is 0.217. The standard InChI is InChI=1S/C9H9N3OS2/c1-2-14-3-6(1)8-11-9(13-12-8)7-4-15-5-10-7/h1-3,7,10H,4-5H2/t7-/m1/s1. The lowest BCUT2D eigenvalue weighted by atomic mass is 10.3. The monoisotopic (exact) mass is 239 g/mol. The third kappa shape index (κ3) is 1.80. The van der Waals surface area contributed by atoms with Crippen molar-refractivity contribution in [3.8, 4) is 11.4 Å². The van der Waals surface area contributed by atoms with Crippen LogP contribution < -0.4 is 5.32 Å². The Labute approximate surface area is 95.1 Å². The number of thiophene rings is 1. The molecule has 0 radical (unpaired) electrons. The van der Waals surface area contributed by atoms with Crippen LogP contribution in [0.25, 0.3) is 11.4 Å². The lowest BCUT2D eigenvalue weighted by Gasteiger charge is -1.99. The first-order chi connectivity index (χ1) is 7.43. The number of nitrogens with one attached hydrogen (secondary N) is 1. The Morgan fingerprint density at radius 2 is 2.53 bits per heavy atom. The molecule has 15 heavy (non-hydrogen) atoms. The summed E-state index contributed by atoms with van der Waals surface area (Å²) in [4.78, 5) is 4.39. The van der Waals surface area contributed by atoms with E-state index in [1.807, 2.05) is 28.6 Å². The van der Waals surface area contributed by atoms with Gasteiger partial charge in [-0.05, 0) is 11.4 Å². The Hall–Kier alpha value is -0.850. The van der Waals surface area contributed by atoms with Crippen molar-refractivity contribution in [2.24, 2.45) is 0 Å². The summed E-state index contributed by atoms with van der Waals surface area (Å²) in [6.45, 7) is 0. The predicted octanol–water partition coefficient (Wildman–Crippen LogP) is 2.13. The van der Waals surface area contributed by atoms with E-state index >= 15 is 0 Å². The van der Waals surface area contributed by atoms with E-state index in [1.165, 1.54) is 0 Å². The largest absolute Gasteiger partial charge is 0.337 e. The molecule has 2 aromatic rings. The minimum atomic E-state index is 0.217. The first-order valence-corrected chi connectivity index (χ1v) is 6.70. The molecular formula is C9H9N3OS2. The normalized spacial score (nSPS) is 20.9. The van der Waals surface area contributed by atoms with Crippen LogP contribution in [0.3, 0.4) is 0 Å². The van der Waals surface area contributed by atoms with E-state index in [4.69, 9.17) is 4.52 Å². The van der Waals surface area contributed by atoms with Crippen LogP contribution in [-0.4, -0.2) is 21.8 Å². The first kappa shape index (κ1) is 9.38. The van der Waals surface area contributed by atoms with Gasteiger partial charge >= 0.3 is 0 Å². The Morgan fingerprint density at radius 1 is 1.53 bits per heavy atom. The first-order valence-electron chi connectivity index (χ1n) is 4.61. The Bertz CT molecular complexity index is 434. The molecule has 1 aliphatic rings. The average molecular weight is 239 g/mol. The van der Waals surface area contributed by atoms with Crippen LogP contribution in [0.5, 0.6) is 0 Å². The fraction of sp³-hybridized carbons (Fsp3) is 0.333. The Kier molecular flexibility index (Phi) is 2.47. The SMILES string of the molecule is c1cc(-c2noc([C@H]3CSCN3)n2)cs1. The summed E-state index contributed by atoms with van der Waals surface area (Å²) in [5, 5.41) is 11.3. The molecule has 0 unspecified atom stereocenters. The highest BCUT2D eigenvalue weighted by molar-refractivity contribution is 7.99. The number of hydrogen-bond donors (Lipinski definition) is 1. The third-order valence-corrected chi connectivity index (χ3v) is 3.86. The highest BCUT2D eigenvalue weighted by atomic mass is 32.2. The molecule has 1 saturated heterocycles. The lowest BCUT2D eigenvalue weighted by molar-refractivity contribution is 0.351. The summed E-state index contributed by atoms with van der Waals surface area (Å²) < 4.78 is 5.24. The van der Waals surface area contributed by atoms with Crippen molar-refractivity contribution in [2.45, 2.75) is 6.04 Å². The second kappa shape index (κ2) is 3.96. The van der Waals surface area contributed by atoms with Crippen LogP contribution in [0.15, 0.2) is 21.3 Å². The molecule has 0 saturated carbocycles. The van der Waals surface area contributed by atoms with Gasteiger partial charge in [0.15, 0.2) is 0 Å². The molecule has 1 fully saturated rings. The van der Waals surface area contributed by atoms with Crippen molar-refractivity contribution in [3.63, 3.8) is 0 Å². The predicted molar refractivity (Wildman–Crippen MR) is 60.8 cm³/mol. The average Bonchev–Trinajstić information content (AvgIpc) is 3.02. The molecule has 0 spiro atoms. The lowest BCUT2D eigenvalue weighted by Crippen LogP contribution is -2.14. The zero-order valence-electron chi connectivity index (χ0n) is 7.84. The van der Waals surface area contributed by atoms with Gasteiger partial charge in [-0.15, -0.1) is 11.8 Å². The highest BCUT2D eigenvalue weighted by Crippen LogP contribution is 2.25. The van der Waals surface area contributed by atoms with Gasteiger partial charge in [-0.1, -0.05) is 5.16 Å². The number of nitrogens with zero attached hydrogens (tertiary/aromatic N) is 2. The molecular weight excluding hydrogens is 230 g/mol. The molecule has 78 valence electrons. The quantitative estimate of drug-likeness (QED) is 0.870. The van der Waals surface area contributed by atoms with Crippen LogP contribution in [0.1, 0.15) is 11.9 Å². The molecule has 2 aromatic heterocycles. The van der Waals surface area contributed by atoms with Crippen molar-refractivity contribution in [1.29, 1.82) is 0 Å². The van der Waals surface area contributed by atoms with Gasteiger partial charge in [0.25, 0.3) is 0 Å². The van der Waals surface area contributed by atoms with Crippen molar-refractivity contribution in [2.75, 3.05) is 11.6 Å². The maximum atomic E-state index is 5.24. The molecule has 3 rings (SSSR count). The number of aromatic nitrogens is 2. The van der Waals surface area contributed by atoms with E-state index in [9.17, 15) is 0 Å². The molecule has 0 aromatic carbocycles. The van der Waals surface area contributed by atoms with Crippen molar-refractivity contribution in [3.05, 3.63) is 22.7 Å². The molecule has 1 aliphatic heterocycles. The van der Waals surface area contributed by atoms with Gasteiger partial charge in [-0.25, -0.2) is 0 Å². The zero-order valence-corrected chi connectivity index (χ0v) is 9.48. The van der Waals surface area contributed by atoms with Gasteiger partial charge in [0, 0.05) is 22.6 Å². The zero-order chi connectivity index (χ0) is 10.1. The van der Waals surface area contributed by atoms with E-state index in [2.05, 4.69) is 15.5 Å². The Morgan fingerprint density at radius 3 is 3.27 bits per heavy atom. The molecule has 0 aliphatic carbocycles. The van der Waals surface area contributed by atoms with Gasteiger partial charge < -0.3 is 4.52 Å². The molecule has 1 N–H and O–H groups in total. The Balaban J connectivity index is 1.87. The molecule has 3 heterocycles. The fourth-order valence-electron chi connectivity index (χ4n) is 1.44. The molecule has 4 nitrogen and oxygen atoms in total. The van der Waals surface area contributed by atoms with Crippen LogP contribution in [-0.2, 0) is 0 Å². The summed E-state index contributed by atoms with van der Waals surface area (Å²) in [7, 11) is 0. The summed E-state index contributed by atoms with van der Waals surface area (Å²) in [5.41, 5.74) is 1.03. The number of hydrogen-bond acceptors (Lipinski definition) is 6. The van der Waals surface area contributed by atoms with Crippen molar-refractivity contribution >= 4 is 23.1 Å². The van der Waals surface area contributed by atoms with Crippen LogP contribution in [0, 0.1) is 0 Å². The molecule has 6 heteroatoms. The van der Waals surface area contributed by atoms with E-state index in [1.54, 1.807) is 11.3 Å². The minimum Gasteiger partial charge on any atom is -0.337 e. The molecule has 0 bridgehead atoms. The van der Waals surface area contributed by atoms with Gasteiger partial charge in [0.1, 0.15) is 0 Å². The number of thioether (sulfide) groups is 1. The summed E-state index contributed by atoms with van der Waals surface area (Å²) in [6, 6.07) is 2.21. The van der Waals surface area contributed by atoms with E-state index < -0.39 is 0 Å². The molecule has 0 amide bonds. The summed E-state index contributed by atoms with van der Waals surface area (Å²) in [6.07, 6.45) is 0. The van der Waals surface area contributed by atoms with Crippen LogP contribution in [0.2, 0.25) is 0 Å². The fourth-order valence-corrected chi connectivity index (χ4v) is 3.01. The summed E-state index contributed by atoms with van der Waals surface area (Å²) >= 11 is 3.48. The number of rotatable bonds is 2. The van der Waals surface area contributed by atoms with E-state index in [0.717, 1.165) is 17.2 Å². The second-order valence-corrected chi connectivity index (χ2v) is 5.05. The smallest absolute Gasteiger partial charge is 0.244 e.